The van der Waals surface area contributed by atoms with E-state index in [1.54, 1.807) is 35.0 Å². The molecule has 0 spiro atoms. The minimum Gasteiger partial charge on any atom is -0.399 e. The second-order valence-electron chi connectivity index (χ2n) is 9.50. The normalized spacial score (nSPS) is 11.1. The minimum atomic E-state index is -4.67. The van der Waals surface area contributed by atoms with Crippen LogP contribution >= 0.6 is 11.6 Å². The molecule has 40 heavy (non-hydrogen) atoms. The van der Waals surface area contributed by atoms with E-state index in [0.29, 0.717) is 24.5 Å². The van der Waals surface area contributed by atoms with Gasteiger partial charge in [-0.05, 0) is 57.8 Å². The minimum absolute atomic E-state index is 0.00809. The Morgan fingerprint density at radius 1 is 1.15 bits per heavy atom. The molecule has 1 heterocycles. The maximum atomic E-state index is 13.5. The third-order valence-corrected chi connectivity index (χ3v) is 6.54. The average Bonchev–Trinajstić information content (AvgIpc) is 3.21. The highest BCUT2D eigenvalue weighted by atomic mass is 35.5. The molecule has 0 saturated heterocycles. The number of nitrogens with zero attached hydrogens (tertiary/aromatic N) is 4. The highest BCUT2D eigenvalue weighted by molar-refractivity contribution is 6.34. The maximum absolute atomic E-state index is 13.5. The number of alkyl halides is 3. The summed E-state index contributed by atoms with van der Waals surface area (Å²) in [6.07, 6.45) is -2.95. The second-order valence-corrected chi connectivity index (χ2v) is 9.88. The third kappa shape index (κ3) is 8.38. The number of rotatable bonds is 8. The molecule has 1 aromatic heterocycles. The molecular weight excluding hydrogens is 545 g/mol. The van der Waals surface area contributed by atoms with E-state index >= 15 is 0 Å². The Bertz CT molecular complexity index is 1350. The summed E-state index contributed by atoms with van der Waals surface area (Å²) in [5.41, 5.74) is 11.3. The third-order valence-electron chi connectivity index (χ3n) is 6.15. The summed E-state index contributed by atoms with van der Waals surface area (Å²) in [6.45, 7) is 8.45. The lowest BCUT2D eigenvalue weighted by Crippen LogP contribution is -2.29. The first-order valence-corrected chi connectivity index (χ1v) is 12.5. The number of amides is 1. The van der Waals surface area contributed by atoms with Crippen molar-refractivity contribution >= 4 is 40.3 Å². The van der Waals surface area contributed by atoms with Gasteiger partial charge in [0.25, 0.3) is 5.91 Å². The molecule has 0 unspecified atom stereocenters. The van der Waals surface area contributed by atoms with Crippen LogP contribution in [0.4, 0.5) is 30.2 Å². The Morgan fingerprint density at radius 3 is 2.27 bits per heavy atom. The Morgan fingerprint density at radius 2 is 1.80 bits per heavy atom. The van der Waals surface area contributed by atoms with Crippen molar-refractivity contribution < 1.29 is 18.0 Å². The number of likely N-dealkylation sites (N-methyl/N-ethyl adjacent to an activating group) is 2. The number of nitrogens with two attached hydrogens (primary N) is 2. The fourth-order valence-electron chi connectivity index (χ4n) is 3.57. The number of benzene rings is 2. The highest BCUT2D eigenvalue weighted by Crippen LogP contribution is 2.41. The van der Waals surface area contributed by atoms with Crippen molar-refractivity contribution in [2.24, 2.45) is 18.6 Å². The molecule has 3 aromatic rings. The number of carbonyl (C=O) groups excluding carboxylic acids is 1. The molecule has 13 heteroatoms. The van der Waals surface area contributed by atoms with E-state index in [-0.39, 0.29) is 16.9 Å². The molecule has 0 aliphatic rings. The summed E-state index contributed by atoms with van der Waals surface area (Å²) >= 11 is 6.08. The Labute approximate surface area is 237 Å². The number of hydrazine groups is 1. The van der Waals surface area contributed by atoms with Crippen LogP contribution in [-0.2, 0) is 13.2 Å². The van der Waals surface area contributed by atoms with Crippen molar-refractivity contribution in [1.82, 2.24) is 14.7 Å². The Balaban J connectivity index is 0.000000469. The Hall–Kier alpha value is -3.74. The fourth-order valence-corrected chi connectivity index (χ4v) is 3.93. The summed E-state index contributed by atoms with van der Waals surface area (Å²) < 4.78 is 42.4. The molecule has 0 saturated carbocycles. The zero-order valence-corrected chi connectivity index (χ0v) is 24.2. The number of aryl methyl sites for hydroxylation is 2. The lowest BCUT2D eigenvalue weighted by Gasteiger charge is -2.25. The van der Waals surface area contributed by atoms with Gasteiger partial charge >= 0.3 is 6.18 Å². The van der Waals surface area contributed by atoms with E-state index in [1.807, 2.05) is 39.9 Å². The van der Waals surface area contributed by atoms with Gasteiger partial charge in [-0.15, -0.1) is 0 Å². The quantitative estimate of drug-likeness (QED) is 0.222. The molecule has 6 N–H and O–H groups in total. The van der Waals surface area contributed by atoms with E-state index in [4.69, 9.17) is 23.2 Å². The van der Waals surface area contributed by atoms with Crippen LogP contribution in [0.2, 0.25) is 5.02 Å². The number of hydrogen-bond donors (Lipinski definition) is 4. The van der Waals surface area contributed by atoms with Crippen LogP contribution in [0.1, 0.15) is 32.7 Å². The maximum Gasteiger partial charge on any atom is 0.417 e. The van der Waals surface area contributed by atoms with Crippen molar-refractivity contribution in [3.05, 3.63) is 76.1 Å². The summed E-state index contributed by atoms with van der Waals surface area (Å²) in [7, 11) is 7.25. The van der Waals surface area contributed by atoms with Gasteiger partial charge in [0, 0.05) is 55.4 Å². The molecule has 9 nitrogen and oxygen atoms in total. The first-order chi connectivity index (χ1) is 18.6. The predicted molar refractivity (Wildman–Crippen MR) is 156 cm³/mol. The molecule has 0 fully saturated rings. The lowest BCUT2D eigenvalue weighted by molar-refractivity contribution is -0.137. The van der Waals surface area contributed by atoms with Crippen molar-refractivity contribution in [2.75, 3.05) is 49.9 Å². The van der Waals surface area contributed by atoms with E-state index in [0.717, 1.165) is 22.9 Å². The molecule has 0 aliphatic heterocycles. The topological polar surface area (TPSA) is 117 Å². The number of nitrogens with one attached hydrogen (secondary N) is 2. The average molecular weight is 581 g/mol. The van der Waals surface area contributed by atoms with Crippen LogP contribution in [0.3, 0.4) is 0 Å². The van der Waals surface area contributed by atoms with Crippen molar-refractivity contribution in [3.8, 4) is 0 Å². The van der Waals surface area contributed by atoms with E-state index in [2.05, 4.69) is 22.4 Å². The number of hydrogen-bond acceptors (Lipinski definition) is 7. The van der Waals surface area contributed by atoms with Crippen LogP contribution in [0.25, 0.3) is 5.70 Å². The largest absolute Gasteiger partial charge is 0.417 e. The first kappa shape index (κ1) is 32.5. The summed E-state index contributed by atoms with van der Waals surface area (Å²) in [6, 6.07) is 7.04. The smallest absolute Gasteiger partial charge is 0.399 e. The number of aromatic nitrogens is 2. The number of halogens is 4. The molecule has 218 valence electrons. The molecule has 0 radical (unpaired) electrons. The van der Waals surface area contributed by atoms with Gasteiger partial charge in [-0.25, -0.2) is 0 Å². The summed E-state index contributed by atoms with van der Waals surface area (Å²) in [5, 5.41) is 6.13. The molecule has 0 atom stereocenters. The van der Waals surface area contributed by atoms with E-state index < -0.39 is 22.7 Å². The van der Waals surface area contributed by atoms with Crippen LogP contribution < -0.4 is 27.2 Å². The standard InChI is InChI=1S/C20H25ClF3N5O.C7H11N3/c1-12-5-6-13(9-16(12)27-25)19(30)26-14-10-15(20(22,23)24)18(21)17(11-14)29(4)8-7-28(2)3;1-5(8)7-4-9-10(3)6(7)2/h5-6,9-11,27H,7-8,25H2,1-4H3,(H,26,30);4H,1,8H2,2-3H3. The van der Waals surface area contributed by atoms with Gasteiger partial charge in [-0.3, -0.25) is 15.3 Å². The van der Waals surface area contributed by atoms with Crippen molar-refractivity contribution in [1.29, 1.82) is 0 Å². The Kier molecular flexibility index (Phi) is 11.0. The summed E-state index contributed by atoms with van der Waals surface area (Å²) in [5.74, 6) is 4.86. The first-order valence-electron chi connectivity index (χ1n) is 12.1. The van der Waals surface area contributed by atoms with Gasteiger partial charge in [-0.2, -0.15) is 18.3 Å². The van der Waals surface area contributed by atoms with Crippen LogP contribution in [0.15, 0.2) is 43.1 Å². The molecule has 0 bridgehead atoms. The summed E-state index contributed by atoms with van der Waals surface area (Å²) in [4.78, 5) is 16.1. The van der Waals surface area contributed by atoms with E-state index in [9.17, 15) is 18.0 Å². The number of carbonyl (C=O) groups is 1. The monoisotopic (exact) mass is 580 g/mol. The SMILES string of the molecule is C=C(N)c1cnn(C)c1C.Cc1ccc(C(=O)Nc2cc(N(C)CCN(C)C)c(Cl)c(C(F)(F)F)c2)cc1NN. The molecular formula is C27H36ClF3N8O. The zero-order chi connectivity index (χ0) is 30.4. The molecule has 0 aliphatic carbocycles. The second kappa shape index (κ2) is 13.6. The molecule has 1 amide bonds. The van der Waals surface area contributed by atoms with Gasteiger partial charge in [0.05, 0.1) is 28.2 Å². The van der Waals surface area contributed by atoms with Gasteiger partial charge in [0.15, 0.2) is 0 Å². The van der Waals surface area contributed by atoms with Gasteiger partial charge in [0.1, 0.15) is 0 Å². The number of anilines is 3. The van der Waals surface area contributed by atoms with Crippen LogP contribution in [0, 0.1) is 13.8 Å². The fraction of sp³-hybridized carbons (Fsp3) is 0.333. The van der Waals surface area contributed by atoms with Gasteiger partial charge in [0.2, 0.25) is 0 Å². The van der Waals surface area contributed by atoms with Gasteiger partial charge < -0.3 is 26.3 Å². The lowest BCUT2D eigenvalue weighted by atomic mass is 10.1. The zero-order valence-electron chi connectivity index (χ0n) is 23.4. The van der Waals surface area contributed by atoms with Crippen molar-refractivity contribution in [2.45, 2.75) is 20.0 Å². The van der Waals surface area contributed by atoms with Crippen LogP contribution in [-0.4, -0.2) is 54.8 Å². The highest BCUT2D eigenvalue weighted by Gasteiger charge is 2.35. The van der Waals surface area contributed by atoms with Crippen LogP contribution in [0.5, 0.6) is 0 Å². The predicted octanol–water partition coefficient (Wildman–Crippen LogP) is 4.86. The van der Waals surface area contributed by atoms with Gasteiger partial charge in [-0.1, -0.05) is 24.2 Å². The molecule has 2 aromatic carbocycles. The molecule has 3 rings (SSSR count). The number of nitrogen functional groups attached to an aromatic ring is 1. The van der Waals surface area contributed by atoms with E-state index in [1.165, 1.54) is 12.1 Å². The van der Waals surface area contributed by atoms with Crippen molar-refractivity contribution in [3.63, 3.8) is 0 Å².